The standard InChI is InChI=1S/C21H19N5O/c22-12-17-7-4-8-18(11-17)21(27)24-26-20-15-25(14-19(20)13-23-26)10-9-16-5-2-1-3-6-16/h1-8,11,13H,9-10,14-15H2,(H,24,27). The molecule has 134 valence electrons. The number of amides is 1. The van der Waals surface area contributed by atoms with Crippen LogP contribution in [0.25, 0.3) is 0 Å². The summed E-state index contributed by atoms with van der Waals surface area (Å²) in [6.07, 6.45) is 2.80. The first-order valence-corrected chi connectivity index (χ1v) is 8.86. The van der Waals surface area contributed by atoms with Gasteiger partial charge in [0.2, 0.25) is 0 Å². The molecule has 0 saturated heterocycles. The van der Waals surface area contributed by atoms with Crippen LogP contribution < -0.4 is 5.43 Å². The zero-order chi connectivity index (χ0) is 18.6. The van der Waals surface area contributed by atoms with Gasteiger partial charge in [0.1, 0.15) is 0 Å². The van der Waals surface area contributed by atoms with E-state index < -0.39 is 0 Å². The Hall–Kier alpha value is -3.43. The van der Waals surface area contributed by atoms with Crippen LogP contribution in [0.5, 0.6) is 0 Å². The van der Waals surface area contributed by atoms with Crippen molar-refractivity contribution in [1.29, 1.82) is 5.26 Å². The Balaban J connectivity index is 1.40. The summed E-state index contributed by atoms with van der Waals surface area (Å²) < 4.78 is 0. The third kappa shape index (κ3) is 3.73. The maximum Gasteiger partial charge on any atom is 0.271 e. The number of benzene rings is 2. The van der Waals surface area contributed by atoms with Crippen LogP contribution in [0.15, 0.2) is 60.8 Å². The van der Waals surface area contributed by atoms with Gasteiger partial charge in [0.25, 0.3) is 5.91 Å². The summed E-state index contributed by atoms with van der Waals surface area (Å²) in [5, 5.41) is 13.3. The van der Waals surface area contributed by atoms with E-state index in [1.54, 1.807) is 29.1 Å². The molecular weight excluding hydrogens is 338 g/mol. The minimum atomic E-state index is -0.277. The largest absolute Gasteiger partial charge is 0.293 e. The minimum Gasteiger partial charge on any atom is -0.293 e. The van der Waals surface area contributed by atoms with E-state index in [2.05, 4.69) is 39.7 Å². The van der Waals surface area contributed by atoms with Crippen LogP contribution >= 0.6 is 0 Å². The van der Waals surface area contributed by atoms with Crippen molar-refractivity contribution in [2.45, 2.75) is 19.5 Å². The summed E-state index contributed by atoms with van der Waals surface area (Å²) in [6, 6.07) is 19.1. The van der Waals surface area contributed by atoms with E-state index in [9.17, 15) is 4.79 Å². The molecule has 0 bridgehead atoms. The SMILES string of the molecule is N#Cc1cccc(C(=O)Nn2ncc3c2CN(CCc2ccccc2)C3)c1. The Morgan fingerprint density at radius 1 is 1.15 bits per heavy atom. The third-order valence-electron chi connectivity index (χ3n) is 4.74. The zero-order valence-corrected chi connectivity index (χ0v) is 14.8. The normalized spacial score (nSPS) is 13.1. The summed E-state index contributed by atoms with van der Waals surface area (Å²) in [5.74, 6) is -0.277. The van der Waals surface area contributed by atoms with Gasteiger partial charge in [-0.05, 0) is 30.2 Å². The van der Waals surface area contributed by atoms with Crippen molar-refractivity contribution in [1.82, 2.24) is 14.8 Å². The maximum absolute atomic E-state index is 12.5. The Morgan fingerprint density at radius 3 is 2.81 bits per heavy atom. The van der Waals surface area contributed by atoms with E-state index in [1.165, 1.54) is 5.56 Å². The second-order valence-corrected chi connectivity index (χ2v) is 6.61. The first-order chi connectivity index (χ1) is 13.2. The number of carbonyl (C=O) groups excluding carboxylic acids is 1. The molecule has 0 saturated carbocycles. The van der Waals surface area contributed by atoms with Gasteiger partial charge in [0.05, 0.1) is 23.5 Å². The Morgan fingerprint density at radius 2 is 2.00 bits per heavy atom. The summed E-state index contributed by atoms with van der Waals surface area (Å²) in [7, 11) is 0. The molecule has 0 aliphatic carbocycles. The number of nitrogens with zero attached hydrogens (tertiary/aromatic N) is 4. The second kappa shape index (κ2) is 7.44. The van der Waals surface area contributed by atoms with Crippen molar-refractivity contribution in [3.63, 3.8) is 0 Å². The van der Waals surface area contributed by atoms with E-state index in [0.29, 0.717) is 11.1 Å². The van der Waals surface area contributed by atoms with E-state index in [1.807, 2.05) is 18.3 Å². The number of aromatic nitrogens is 2. The summed E-state index contributed by atoms with van der Waals surface area (Å²) in [4.78, 5) is 16.4. The number of rotatable bonds is 5. The summed E-state index contributed by atoms with van der Waals surface area (Å²) in [5.41, 5.74) is 7.18. The van der Waals surface area contributed by atoms with Crippen molar-refractivity contribution in [3.8, 4) is 6.07 Å². The van der Waals surface area contributed by atoms with E-state index >= 15 is 0 Å². The zero-order valence-electron chi connectivity index (χ0n) is 14.8. The Labute approximate surface area is 157 Å². The average molecular weight is 357 g/mol. The third-order valence-corrected chi connectivity index (χ3v) is 4.74. The minimum absolute atomic E-state index is 0.277. The van der Waals surface area contributed by atoms with Crippen molar-refractivity contribution >= 4 is 5.91 Å². The molecule has 0 fully saturated rings. The van der Waals surface area contributed by atoms with Gasteiger partial charge in [-0.15, -0.1) is 0 Å². The predicted octanol–water partition coefficient (Wildman–Crippen LogP) is 2.70. The molecule has 2 heterocycles. The first kappa shape index (κ1) is 17.0. The molecule has 27 heavy (non-hydrogen) atoms. The highest BCUT2D eigenvalue weighted by atomic mass is 16.2. The molecule has 4 rings (SSSR count). The van der Waals surface area contributed by atoms with Gasteiger partial charge in [-0.25, -0.2) is 5.43 Å². The van der Waals surface area contributed by atoms with Crippen molar-refractivity contribution in [3.05, 3.63) is 88.7 Å². The second-order valence-electron chi connectivity index (χ2n) is 6.61. The van der Waals surface area contributed by atoms with Crippen LogP contribution in [0, 0.1) is 11.3 Å². The molecule has 6 heteroatoms. The molecule has 0 spiro atoms. The van der Waals surface area contributed by atoms with Crippen LogP contribution in [0.3, 0.4) is 0 Å². The summed E-state index contributed by atoms with van der Waals surface area (Å²) >= 11 is 0. The molecular formula is C21H19N5O. The van der Waals surface area contributed by atoms with Crippen LogP contribution in [0.4, 0.5) is 0 Å². The lowest BCUT2D eigenvalue weighted by molar-refractivity contribution is 0.100. The van der Waals surface area contributed by atoms with Gasteiger partial charge in [0.15, 0.2) is 0 Å². The molecule has 2 aromatic carbocycles. The number of hydrogen-bond donors (Lipinski definition) is 1. The number of carbonyl (C=O) groups is 1. The van der Waals surface area contributed by atoms with E-state index in [4.69, 9.17) is 5.26 Å². The lowest BCUT2D eigenvalue weighted by Gasteiger charge is -2.15. The molecule has 6 nitrogen and oxygen atoms in total. The van der Waals surface area contributed by atoms with Gasteiger partial charge in [0, 0.05) is 30.8 Å². The fourth-order valence-corrected chi connectivity index (χ4v) is 3.29. The van der Waals surface area contributed by atoms with Crippen molar-refractivity contribution in [2.24, 2.45) is 0 Å². The summed E-state index contributed by atoms with van der Waals surface area (Å²) in [6.45, 7) is 2.54. The molecule has 0 radical (unpaired) electrons. The number of fused-ring (bicyclic) bond motifs is 1. The lowest BCUT2D eigenvalue weighted by atomic mass is 10.1. The van der Waals surface area contributed by atoms with Crippen LogP contribution in [-0.4, -0.2) is 27.2 Å². The first-order valence-electron chi connectivity index (χ1n) is 8.86. The van der Waals surface area contributed by atoms with Gasteiger partial charge < -0.3 is 0 Å². The fourth-order valence-electron chi connectivity index (χ4n) is 3.29. The van der Waals surface area contributed by atoms with Gasteiger partial charge in [-0.3, -0.25) is 9.69 Å². The Kier molecular flexibility index (Phi) is 4.69. The number of nitrogens with one attached hydrogen (secondary N) is 1. The average Bonchev–Trinajstić information content (AvgIpc) is 3.28. The topological polar surface area (TPSA) is 74.0 Å². The lowest BCUT2D eigenvalue weighted by Crippen LogP contribution is -2.27. The van der Waals surface area contributed by atoms with E-state index in [-0.39, 0.29) is 5.91 Å². The van der Waals surface area contributed by atoms with Crippen molar-refractivity contribution < 1.29 is 4.79 Å². The quantitative estimate of drug-likeness (QED) is 0.762. The highest BCUT2D eigenvalue weighted by Gasteiger charge is 2.24. The molecule has 0 unspecified atom stereocenters. The maximum atomic E-state index is 12.5. The van der Waals surface area contributed by atoms with E-state index in [0.717, 1.165) is 37.3 Å². The molecule has 1 aliphatic rings. The van der Waals surface area contributed by atoms with Gasteiger partial charge in [-0.2, -0.15) is 15.2 Å². The molecule has 1 amide bonds. The molecule has 0 atom stereocenters. The predicted molar refractivity (Wildman–Crippen MR) is 101 cm³/mol. The van der Waals surface area contributed by atoms with Gasteiger partial charge >= 0.3 is 0 Å². The van der Waals surface area contributed by atoms with Crippen LogP contribution in [0.1, 0.15) is 32.7 Å². The fraction of sp³-hybridized carbons (Fsp3) is 0.190. The number of hydrogen-bond acceptors (Lipinski definition) is 4. The number of nitriles is 1. The van der Waals surface area contributed by atoms with Crippen LogP contribution in [0.2, 0.25) is 0 Å². The molecule has 1 aliphatic heterocycles. The van der Waals surface area contributed by atoms with Crippen molar-refractivity contribution in [2.75, 3.05) is 12.0 Å². The highest BCUT2D eigenvalue weighted by molar-refractivity contribution is 6.00. The Bertz CT molecular complexity index is 1000. The monoisotopic (exact) mass is 357 g/mol. The highest BCUT2D eigenvalue weighted by Crippen LogP contribution is 2.22. The molecule has 1 aromatic heterocycles. The smallest absolute Gasteiger partial charge is 0.271 e. The van der Waals surface area contributed by atoms with Crippen LogP contribution in [-0.2, 0) is 19.5 Å². The molecule has 1 N–H and O–H groups in total. The van der Waals surface area contributed by atoms with Gasteiger partial charge in [-0.1, -0.05) is 36.4 Å². The molecule has 3 aromatic rings.